The highest BCUT2D eigenvalue weighted by Crippen LogP contribution is 1.98. The van der Waals surface area contributed by atoms with Gasteiger partial charge >= 0.3 is 5.97 Å². The summed E-state index contributed by atoms with van der Waals surface area (Å²) >= 11 is 3.95. The third kappa shape index (κ3) is 4.46. The summed E-state index contributed by atoms with van der Waals surface area (Å²) in [5.74, 6) is -0.964. The third-order valence-corrected chi connectivity index (χ3v) is 2.37. The maximum atomic E-state index is 11.6. The molecule has 1 aromatic rings. The first-order chi connectivity index (χ1) is 8.15. The lowest BCUT2D eigenvalue weighted by molar-refractivity contribution is -0.139. The zero-order valence-electron chi connectivity index (χ0n) is 9.09. The van der Waals surface area contributed by atoms with Crippen molar-refractivity contribution in [2.24, 2.45) is 0 Å². The third-order valence-electron chi connectivity index (χ3n) is 2.11. The molecule has 0 aliphatic heterocycles. The van der Waals surface area contributed by atoms with Crippen LogP contribution in [0.3, 0.4) is 0 Å². The molecule has 1 unspecified atom stereocenters. The van der Waals surface area contributed by atoms with Crippen molar-refractivity contribution in [1.29, 1.82) is 0 Å². The quantitative estimate of drug-likeness (QED) is 0.445. The van der Waals surface area contributed by atoms with Gasteiger partial charge in [0.15, 0.2) is 0 Å². The molecule has 17 heavy (non-hydrogen) atoms. The summed E-state index contributed by atoms with van der Waals surface area (Å²) in [6.45, 7) is 0. The van der Waals surface area contributed by atoms with Crippen LogP contribution in [0.1, 0.15) is 16.8 Å². The van der Waals surface area contributed by atoms with E-state index in [1.54, 1.807) is 30.3 Å². The van der Waals surface area contributed by atoms with Crippen LogP contribution in [0.15, 0.2) is 30.3 Å². The lowest BCUT2D eigenvalue weighted by atomic mass is 10.2. The molecule has 6 heteroatoms. The fourth-order valence-corrected chi connectivity index (χ4v) is 1.46. The van der Waals surface area contributed by atoms with Gasteiger partial charge in [0.1, 0.15) is 6.04 Å². The standard InChI is InChI=1S/C11H14N2O3S/c14-10(8-4-2-1-3-5-8)13-12-9(6-7-17)11(15)16/h1-5,9,12,17H,6-7H2,(H,13,14)(H,15,16). The molecular weight excluding hydrogens is 240 g/mol. The Hall–Kier alpha value is -1.53. The minimum atomic E-state index is -1.02. The Morgan fingerprint density at radius 1 is 1.29 bits per heavy atom. The molecule has 1 amide bonds. The van der Waals surface area contributed by atoms with Crippen LogP contribution in [-0.4, -0.2) is 28.8 Å². The molecule has 0 bridgehead atoms. The van der Waals surface area contributed by atoms with Gasteiger partial charge in [0.25, 0.3) is 5.91 Å². The molecule has 3 N–H and O–H groups in total. The van der Waals surface area contributed by atoms with Crippen LogP contribution < -0.4 is 10.9 Å². The predicted octanol–water partition coefficient (Wildman–Crippen LogP) is 0.694. The Balaban J connectivity index is 2.49. The summed E-state index contributed by atoms with van der Waals surface area (Å²) in [6, 6.07) is 7.72. The van der Waals surface area contributed by atoms with Crippen molar-refractivity contribution in [3.63, 3.8) is 0 Å². The van der Waals surface area contributed by atoms with E-state index in [2.05, 4.69) is 23.5 Å². The van der Waals surface area contributed by atoms with E-state index in [1.807, 2.05) is 0 Å². The van der Waals surface area contributed by atoms with Crippen molar-refractivity contribution in [2.75, 3.05) is 5.75 Å². The van der Waals surface area contributed by atoms with E-state index in [-0.39, 0.29) is 5.91 Å². The molecule has 0 saturated heterocycles. The molecule has 5 nitrogen and oxygen atoms in total. The van der Waals surface area contributed by atoms with Crippen LogP contribution in [0.5, 0.6) is 0 Å². The second-order valence-electron chi connectivity index (χ2n) is 3.37. The molecule has 0 fully saturated rings. The molecular formula is C11H14N2O3S. The Labute approximate surface area is 105 Å². The van der Waals surface area contributed by atoms with Crippen molar-refractivity contribution in [1.82, 2.24) is 10.9 Å². The Morgan fingerprint density at radius 2 is 1.94 bits per heavy atom. The highest BCUT2D eigenvalue weighted by atomic mass is 32.1. The average Bonchev–Trinajstić information content (AvgIpc) is 2.34. The van der Waals surface area contributed by atoms with Crippen molar-refractivity contribution in [3.8, 4) is 0 Å². The van der Waals surface area contributed by atoms with Gasteiger partial charge in [-0.2, -0.15) is 12.6 Å². The topological polar surface area (TPSA) is 78.4 Å². The lowest BCUT2D eigenvalue weighted by Crippen LogP contribution is -2.48. The fourth-order valence-electron chi connectivity index (χ4n) is 1.20. The summed E-state index contributed by atoms with van der Waals surface area (Å²) in [5, 5.41) is 8.84. The summed E-state index contributed by atoms with van der Waals surface area (Å²) in [5.41, 5.74) is 5.30. The number of carboxylic acids is 1. The first-order valence-corrected chi connectivity index (χ1v) is 5.73. The van der Waals surface area contributed by atoms with E-state index in [0.717, 1.165) is 0 Å². The van der Waals surface area contributed by atoms with E-state index in [1.165, 1.54) is 0 Å². The number of nitrogens with one attached hydrogen (secondary N) is 2. The minimum Gasteiger partial charge on any atom is -0.480 e. The first kappa shape index (κ1) is 13.5. The van der Waals surface area contributed by atoms with E-state index in [9.17, 15) is 9.59 Å². The van der Waals surface area contributed by atoms with E-state index in [4.69, 9.17) is 5.11 Å². The number of amides is 1. The smallest absolute Gasteiger partial charge is 0.322 e. The molecule has 1 atom stereocenters. The number of carbonyl (C=O) groups is 2. The van der Waals surface area contributed by atoms with Gasteiger partial charge < -0.3 is 5.11 Å². The Kier molecular flexibility index (Phi) is 5.51. The number of aliphatic carboxylic acids is 1. The maximum Gasteiger partial charge on any atom is 0.322 e. The number of rotatable bonds is 6. The van der Waals surface area contributed by atoms with Gasteiger partial charge in [-0.3, -0.25) is 15.0 Å². The molecule has 0 aliphatic rings. The molecule has 92 valence electrons. The first-order valence-electron chi connectivity index (χ1n) is 5.09. The molecule has 1 aromatic carbocycles. The second kappa shape index (κ2) is 6.93. The predicted molar refractivity (Wildman–Crippen MR) is 66.9 cm³/mol. The molecule has 0 aromatic heterocycles. The van der Waals surface area contributed by atoms with Gasteiger partial charge in [0.05, 0.1) is 0 Å². The number of benzene rings is 1. The molecule has 1 rings (SSSR count). The second-order valence-corrected chi connectivity index (χ2v) is 3.81. The summed E-state index contributed by atoms with van der Waals surface area (Å²) < 4.78 is 0. The van der Waals surface area contributed by atoms with E-state index >= 15 is 0 Å². The highest BCUT2D eigenvalue weighted by Gasteiger charge is 2.16. The summed E-state index contributed by atoms with van der Waals surface area (Å²) in [6.07, 6.45) is 0.327. The lowest BCUT2D eigenvalue weighted by Gasteiger charge is -2.14. The van der Waals surface area contributed by atoms with Gasteiger partial charge in [0.2, 0.25) is 0 Å². The van der Waals surface area contributed by atoms with Gasteiger partial charge in [-0.15, -0.1) is 0 Å². The SMILES string of the molecule is O=C(NNC(CCS)C(=O)O)c1ccccc1. The van der Waals surface area contributed by atoms with Crippen LogP contribution >= 0.6 is 12.6 Å². The van der Waals surface area contributed by atoms with Crippen LogP contribution in [0, 0.1) is 0 Å². The minimum absolute atomic E-state index is 0.327. The monoisotopic (exact) mass is 254 g/mol. The Morgan fingerprint density at radius 3 is 2.47 bits per heavy atom. The Bertz CT molecular complexity index is 384. The van der Waals surface area contributed by atoms with E-state index < -0.39 is 12.0 Å². The number of hydrazine groups is 1. The number of hydrogen-bond donors (Lipinski definition) is 4. The van der Waals surface area contributed by atoms with Gasteiger partial charge in [0, 0.05) is 5.56 Å². The van der Waals surface area contributed by atoms with Gasteiger partial charge in [-0.25, -0.2) is 5.43 Å². The van der Waals surface area contributed by atoms with Crippen LogP contribution in [0.4, 0.5) is 0 Å². The van der Waals surface area contributed by atoms with Crippen molar-refractivity contribution >= 4 is 24.5 Å². The molecule has 0 heterocycles. The summed E-state index contributed by atoms with van der Waals surface area (Å²) in [7, 11) is 0. The largest absolute Gasteiger partial charge is 0.480 e. The number of hydrogen-bond acceptors (Lipinski definition) is 4. The molecule has 0 radical (unpaired) electrons. The average molecular weight is 254 g/mol. The van der Waals surface area contributed by atoms with Crippen LogP contribution in [0.25, 0.3) is 0 Å². The van der Waals surface area contributed by atoms with Gasteiger partial charge in [-0.1, -0.05) is 18.2 Å². The molecule has 0 aliphatic carbocycles. The number of carbonyl (C=O) groups excluding carboxylic acids is 1. The fraction of sp³-hybridized carbons (Fsp3) is 0.273. The highest BCUT2D eigenvalue weighted by molar-refractivity contribution is 7.80. The maximum absolute atomic E-state index is 11.6. The van der Waals surface area contributed by atoms with Crippen molar-refractivity contribution in [3.05, 3.63) is 35.9 Å². The normalized spacial score (nSPS) is 11.8. The van der Waals surface area contributed by atoms with Gasteiger partial charge in [-0.05, 0) is 24.3 Å². The zero-order valence-corrected chi connectivity index (χ0v) is 9.98. The van der Waals surface area contributed by atoms with Crippen LogP contribution in [0.2, 0.25) is 0 Å². The van der Waals surface area contributed by atoms with Crippen LogP contribution in [-0.2, 0) is 4.79 Å². The number of thiol groups is 1. The summed E-state index contributed by atoms with van der Waals surface area (Å²) in [4.78, 5) is 22.4. The molecule has 0 spiro atoms. The number of carboxylic acid groups (broad SMARTS) is 1. The van der Waals surface area contributed by atoms with Crippen molar-refractivity contribution in [2.45, 2.75) is 12.5 Å². The van der Waals surface area contributed by atoms with Crippen molar-refractivity contribution < 1.29 is 14.7 Å². The molecule has 0 saturated carbocycles. The van der Waals surface area contributed by atoms with E-state index in [0.29, 0.717) is 17.7 Å². The zero-order chi connectivity index (χ0) is 12.7.